The number of rotatable bonds is 5. The molecule has 2 rings (SSSR count). The van der Waals surface area contributed by atoms with Gasteiger partial charge in [0.1, 0.15) is 0 Å². The summed E-state index contributed by atoms with van der Waals surface area (Å²) in [5.74, 6) is 0.517. The minimum atomic E-state index is -3.31. The number of nitrogens with one attached hydrogen (secondary N) is 1. The molecule has 0 aromatic rings. The Kier molecular flexibility index (Phi) is 4.69. The van der Waals surface area contributed by atoms with Crippen molar-refractivity contribution in [2.75, 3.05) is 19.6 Å². The molecule has 0 aromatic heterocycles. The van der Waals surface area contributed by atoms with Gasteiger partial charge in [-0.2, -0.15) is 12.7 Å². The van der Waals surface area contributed by atoms with Crippen LogP contribution in [-0.4, -0.2) is 37.7 Å². The number of hydrogen-bond donors (Lipinski definition) is 1. The highest BCUT2D eigenvalue weighted by Gasteiger charge is 2.31. The lowest BCUT2D eigenvalue weighted by Gasteiger charge is -2.21. The Morgan fingerprint density at radius 2 is 1.76 bits per heavy atom. The summed E-state index contributed by atoms with van der Waals surface area (Å²) in [5.41, 5.74) is 0. The Morgan fingerprint density at radius 3 is 2.29 bits per heavy atom. The first-order valence-electron chi connectivity index (χ1n) is 6.48. The Labute approximate surface area is 109 Å². The van der Waals surface area contributed by atoms with Crippen LogP contribution >= 0.6 is 11.6 Å². The van der Waals surface area contributed by atoms with Crippen LogP contribution in [0.4, 0.5) is 0 Å². The van der Waals surface area contributed by atoms with E-state index in [0.29, 0.717) is 25.6 Å². The Bertz CT molecular complexity index is 335. The molecule has 1 atom stereocenters. The molecule has 0 spiro atoms. The summed E-state index contributed by atoms with van der Waals surface area (Å²) < 4.78 is 28.3. The van der Waals surface area contributed by atoms with Gasteiger partial charge in [0.15, 0.2) is 0 Å². The van der Waals surface area contributed by atoms with Crippen LogP contribution in [0.15, 0.2) is 0 Å². The van der Waals surface area contributed by atoms with Crippen LogP contribution in [0, 0.1) is 5.92 Å². The zero-order valence-corrected chi connectivity index (χ0v) is 11.6. The number of nitrogens with zero attached hydrogens (tertiary/aromatic N) is 1. The Morgan fingerprint density at radius 1 is 1.18 bits per heavy atom. The fourth-order valence-corrected chi connectivity index (χ4v) is 3.92. The van der Waals surface area contributed by atoms with E-state index in [1.54, 1.807) is 4.31 Å². The molecular formula is C11H21ClN2O2S. The second-order valence-electron chi connectivity index (χ2n) is 5.02. The highest BCUT2D eigenvalue weighted by Crippen LogP contribution is 2.35. The third-order valence-electron chi connectivity index (χ3n) is 3.50. The standard InChI is InChI=1S/C11H21ClN2O2S/c12-11(10-5-6-10)9-13-17(15,16)14-7-3-1-2-4-8-14/h10-11,13H,1-9H2. The van der Waals surface area contributed by atoms with E-state index in [1.807, 2.05) is 0 Å². The van der Waals surface area contributed by atoms with Gasteiger partial charge >= 0.3 is 0 Å². The molecule has 0 radical (unpaired) electrons. The summed E-state index contributed by atoms with van der Waals surface area (Å²) in [4.78, 5) is 0. The third kappa shape index (κ3) is 4.09. The van der Waals surface area contributed by atoms with E-state index in [0.717, 1.165) is 38.5 Å². The molecule has 1 heterocycles. The van der Waals surface area contributed by atoms with Crippen molar-refractivity contribution in [2.45, 2.75) is 43.9 Å². The van der Waals surface area contributed by atoms with Gasteiger partial charge in [-0.25, -0.2) is 4.72 Å². The molecule has 2 fully saturated rings. The van der Waals surface area contributed by atoms with Crippen LogP contribution in [0.25, 0.3) is 0 Å². The molecule has 4 nitrogen and oxygen atoms in total. The highest BCUT2D eigenvalue weighted by molar-refractivity contribution is 7.87. The van der Waals surface area contributed by atoms with Gasteiger partial charge in [-0.3, -0.25) is 0 Å². The van der Waals surface area contributed by atoms with Crippen molar-refractivity contribution in [1.29, 1.82) is 0 Å². The molecule has 1 saturated carbocycles. The second-order valence-corrected chi connectivity index (χ2v) is 7.34. The number of alkyl halides is 1. The Hall–Kier alpha value is 0.160. The average molecular weight is 281 g/mol. The lowest BCUT2D eigenvalue weighted by atomic mass is 10.2. The van der Waals surface area contributed by atoms with Gasteiger partial charge in [0.2, 0.25) is 0 Å². The van der Waals surface area contributed by atoms with E-state index in [2.05, 4.69) is 4.72 Å². The summed E-state index contributed by atoms with van der Waals surface area (Å²) in [6.45, 7) is 1.66. The monoisotopic (exact) mass is 280 g/mol. The summed E-state index contributed by atoms with van der Waals surface area (Å²) >= 11 is 6.11. The van der Waals surface area contributed by atoms with E-state index in [1.165, 1.54) is 0 Å². The van der Waals surface area contributed by atoms with Crippen molar-refractivity contribution in [3.05, 3.63) is 0 Å². The van der Waals surface area contributed by atoms with Gasteiger partial charge in [0.25, 0.3) is 10.2 Å². The van der Waals surface area contributed by atoms with Crippen LogP contribution in [0.5, 0.6) is 0 Å². The first kappa shape index (κ1) is 13.6. The van der Waals surface area contributed by atoms with Crippen LogP contribution < -0.4 is 4.72 Å². The predicted octanol–water partition coefficient (Wildman–Crippen LogP) is 1.71. The van der Waals surface area contributed by atoms with Crippen LogP contribution in [0.1, 0.15) is 38.5 Å². The van der Waals surface area contributed by atoms with E-state index in [-0.39, 0.29) is 5.38 Å². The number of halogens is 1. The first-order chi connectivity index (χ1) is 8.09. The minimum Gasteiger partial charge on any atom is -0.201 e. The number of hydrogen-bond acceptors (Lipinski definition) is 2. The molecule has 1 aliphatic heterocycles. The molecule has 6 heteroatoms. The summed E-state index contributed by atoms with van der Waals surface area (Å²) in [5, 5.41) is -0.0447. The maximum Gasteiger partial charge on any atom is 0.279 e. The SMILES string of the molecule is O=S(=O)(NCC(Cl)C1CC1)N1CCCCCC1. The van der Waals surface area contributed by atoms with Crippen molar-refractivity contribution < 1.29 is 8.42 Å². The van der Waals surface area contributed by atoms with Gasteiger partial charge in [0.05, 0.1) is 0 Å². The van der Waals surface area contributed by atoms with Gasteiger partial charge in [-0.15, -0.1) is 11.6 Å². The van der Waals surface area contributed by atoms with Crippen molar-refractivity contribution in [3.63, 3.8) is 0 Å². The van der Waals surface area contributed by atoms with E-state index < -0.39 is 10.2 Å². The van der Waals surface area contributed by atoms with E-state index >= 15 is 0 Å². The first-order valence-corrected chi connectivity index (χ1v) is 8.36. The molecule has 1 N–H and O–H groups in total. The molecule has 2 aliphatic rings. The summed E-state index contributed by atoms with van der Waals surface area (Å²) in [6.07, 6.45) is 6.47. The van der Waals surface area contributed by atoms with Crippen LogP contribution in [0.2, 0.25) is 0 Å². The highest BCUT2D eigenvalue weighted by atomic mass is 35.5. The maximum atomic E-state index is 12.0. The quantitative estimate of drug-likeness (QED) is 0.780. The molecule has 0 bridgehead atoms. The minimum absolute atomic E-state index is 0.0447. The van der Waals surface area contributed by atoms with Crippen molar-refractivity contribution in [3.8, 4) is 0 Å². The predicted molar refractivity (Wildman–Crippen MR) is 69.3 cm³/mol. The van der Waals surface area contributed by atoms with Gasteiger partial charge in [-0.1, -0.05) is 12.8 Å². The smallest absolute Gasteiger partial charge is 0.201 e. The molecule has 1 saturated heterocycles. The molecule has 1 unspecified atom stereocenters. The topological polar surface area (TPSA) is 49.4 Å². The maximum absolute atomic E-state index is 12.0. The van der Waals surface area contributed by atoms with Gasteiger partial charge in [0, 0.05) is 25.0 Å². The Balaban J connectivity index is 1.83. The zero-order valence-electron chi connectivity index (χ0n) is 10.1. The second kappa shape index (κ2) is 5.87. The molecule has 0 amide bonds. The lowest BCUT2D eigenvalue weighted by molar-refractivity contribution is 0.414. The summed E-state index contributed by atoms with van der Waals surface area (Å²) in [6, 6.07) is 0. The van der Waals surface area contributed by atoms with Crippen molar-refractivity contribution in [1.82, 2.24) is 9.03 Å². The van der Waals surface area contributed by atoms with Gasteiger partial charge in [-0.05, 0) is 31.6 Å². The van der Waals surface area contributed by atoms with Crippen LogP contribution in [0.3, 0.4) is 0 Å². The molecular weight excluding hydrogens is 260 g/mol. The zero-order chi connectivity index (χ0) is 12.3. The molecule has 1 aliphatic carbocycles. The van der Waals surface area contributed by atoms with Crippen LogP contribution in [-0.2, 0) is 10.2 Å². The van der Waals surface area contributed by atoms with E-state index in [9.17, 15) is 8.42 Å². The largest absolute Gasteiger partial charge is 0.279 e. The fourth-order valence-electron chi connectivity index (χ4n) is 2.18. The summed E-state index contributed by atoms with van der Waals surface area (Å²) in [7, 11) is -3.31. The fraction of sp³-hybridized carbons (Fsp3) is 1.00. The normalized spacial score (nSPS) is 25.5. The van der Waals surface area contributed by atoms with Crippen molar-refractivity contribution >= 4 is 21.8 Å². The third-order valence-corrected chi connectivity index (χ3v) is 5.59. The molecule has 17 heavy (non-hydrogen) atoms. The average Bonchev–Trinajstić information content (AvgIpc) is 3.11. The molecule has 0 aromatic carbocycles. The van der Waals surface area contributed by atoms with Gasteiger partial charge < -0.3 is 0 Å². The lowest BCUT2D eigenvalue weighted by Crippen LogP contribution is -2.43. The van der Waals surface area contributed by atoms with Crippen molar-refractivity contribution in [2.24, 2.45) is 5.92 Å². The van der Waals surface area contributed by atoms with E-state index in [4.69, 9.17) is 11.6 Å². The molecule has 100 valence electrons.